The van der Waals surface area contributed by atoms with Crippen LogP contribution in [0.2, 0.25) is 0 Å². The minimum atomic E-state index is -0.818. The zero-order valence-electron chi connectivity index (χ0n) is 14.3. The van der Waals surface area contributed by atoms with Crippen molar-refractivity contribution in [1.29, 1.82) is 0 Å². The van der Waals surface area contributed by atoms with Gasteiger partial charge in [-0.2, -0.15) is 0 Å². The summed E-state index contributed by atoms with van der Waals surface area (Å²) in [5.74, 6) is -0.183. The first-order valence-electron chi connectivity index (χ1n) is 8.21. The topological polar surface area (TPSA) is 63.6 Å². The first-order chi connectivity index (χ1) is 10.1. The van der Waals surface area contributed by atoms with Crippen LogP contribution in [0.1, 0.15) is 60.3 Å². The summed E-state index contributed by atoms with van der Waals surface area (Å²) in [5.41, 5.74) is -0.594. The highest BCUT2D eigenvalue weighted by Gasteiger charge is 2.61. The number of aliphatic hydroxyl groups is 1. The highest BCUT2D eigenvalue weighted by Crippen LogP contribution is 2.60. The van der Waals surface area contributed by atoms with E-state index in [9.17, 15) is 14.7 Å². The van der Waals surface area contributed by atoms with Crippen molar-refractivity contribution in [2.75, 3.05) is 0 Å². The van der Waals surface area contributed by atoms with E-state index in [1.165, 1.54) is 0 Å². The second-order valence-electron chi connectivity index (χ2n) is 7.41. The van der Waals surface area contributed by atoms with Crippen molar-refractivity contribution < 1.29 is 19.4 Å². The summed E-state index contributed by atoms with van der Waals surface area (Å²) in [5, 5.41) is 11.1. The van der Waals surface area contributed by atoms with Crippen LogP contribution >= 0.6 is 0 Å². The molecular formula is C18H28O4. The molecule has 22 heavy (non-hydrogen) atoms. The highest BCUT2D eigenvalue weighted by molar-refractivity contribution is 5.87. The average molecular weight is 308 g/mol. The number of ether oxygens (including phenoxy) is 1. The summed E-state index contributed by atoms with van der Waals surface area (Å²) < 4.78 is 5.67. The largest absolute Gasteiger partial charge is 0.459 e. The van der Waals surface area contributed by atoms with Gasteiger partial charge in [-0.05, 0) is 46.5 Å². The van der Waals surface area contributed by atoms with Crippen molar-refractivity contribution >= 4 is 11.8 Å². The number of carbonyl (C=O) groups is 2. The van der Waals surface area contributed by atoms with E-state index >= 15 is 0 Å². The Bertz CT molecular complexity index is 509. The maximum absolute atomic E-state index is 12.0. The molecule has 0 unspecified atom stereocenters. The van der Waals surface area contributed by atoms with E-state index in [0.717, 1.165) is 0 Å². The van der Waals surface area contributed by atoms with Crippen molar-refractivity contribution in [3.8, 4) is 0 Å². The molecule has 2 rings (SSSR count). The van der Waals surface area contributed by atoms with Crippen LogP contribution in [0.25, 0.3) is 0 Å². The number of rotatable bonds is 3. The van der Waals surface area contributed by atoms with E-state index in [0.29, 0.717) is 31.3 Å². The minimum Gasteiger partial charge on any atom is -0.459 e. The Labute approximate surface area is 132 Å². The number of Topliss-reactive ketones (excluding diaryl/α,β-unsaturated/α-hetero) is 1. The van der Waals surface area contributed by atoms with Crippen molar-refractivity contribution in [2.45, 2.75) is 72.0 Å². The third-order valence-corrected chi connectivity index (χ3v) is 6.31. The van der Waals surface area contributed by atoms with E-state index in [1.54, 1.807) is 19.9 Å². The maximum Gasteiger partial charge on any atom is 0.333 e. The van der Waals surface area contributed by atoms with Gasteiger partial charge in [-0.25, -0.2) is 4.79 Å². The molecule has 0 amide bonds. The summed E-state index contributed by atoms with van der Waals surface area (Å²) >= 11 is 0. The number of allylic oxidation sites excluding steroid dienone is 1. The van der Waals surface area contributed by atoms with Gasteiger partial charge in [0, 0.05) is 22.8 Å². The van der Waals surface area contributed by atoms with Gasteiger partial charge in [0.1, 0.15) is 11.9 Å². The molecule has 2 fully saturated rings. The summed E-state index contributed by atoms with van der Waals surface area (Å²) in [6.07, 6.45) is 4.01. The van der Waals surface area contributed by atoms with Gasteiger partial charge in [0.15, 0.2) is 0 Å². The predicted octanol–water partition coefficient (Wildman–Crippen LogP) is 3.03. The van der Waals surface area contributed by atoms with Crippen LogP contribution in [0.15, 0.2) is 11.6 Å². The Hall–Kier alpha value is -1.16. The molecule has 0 aromatic carbocycles. The van der Waals surface area contributed by atoms with Crippen molar-refractivity contribution in [2.24, 2.45) is 17.3 Å². The normalized spacial score (nSPS) is 41.9. The summed E-state index contributed by atoms with van der Waals surface area (Å²) in [4.78, 5) is 23.8. The van der Waals surface area contributed by atoms with E-state index in [2.05, 4.69) is 0 Å². The molecule has 0 spiro atoms. The minimum absolute atomic E-state index is 0.0317. The summed E-state index contributed by atoms with van der Waals surface area (Å²) in [6, 6.07) is 0. The maximum atomic E-state index is 12.0. The van der Waals surface area contributed by atoms with E-state index in [4.69, 9.17) is 4.74 Å². The fraction of sp³-hybridized carbons (Fsp3) is 0.778. The third kappa shape index (κ3) is 2.62. The molecule has 5 atom stereocenters. The Morgan fingerprint density at radius 1 is 1.27 bits per heavy atom. The fourth-order valence-corrected chi connectivity index (χ4v) is 4.25. The zero-order chi connectivity index (χ0) is 16.7. The zero-order valence-corrected chi connectivity index (χ0v) is 14.3. The van der Waals surface area contributed by atoms with Gasteiger partial charge < -0.3 is 9.84 Å². The Morgan fingerprint density at radius 3 is 2.45 bits per heavy atom. The van der Waals surface area contributed by atoms with Gasteiger partial charge >= 0.3 is 5.97 Å². The Morgan fingerprint density at radius 2 is 1.91 bits per heavy atom. The van der Waals surface area contributed by atoms with Gasteiger partial charge in [0.25, 0.3) is 0 Å². The van der Waals surface area contributed by atoms with Gasteiger partial charge in [-0.1, -0.05) is 19.9 Å². The van der Waals surface area contributed by atoms with E-state index < -0.39 is 5.60 Å². The molecule has 0 aromatic rings. The Balaban J connectivity index is 2.19. The standard InChI is InChI=1S/C18H28O4/c1-6-11(2)16(20)22-15-7-8-18(21)10-14(13(4)19)9-17(18,5)12(15)3/h6,12,14-15,21H,7-10H2,1-5H3/b11-6-/t12-,14+,15-,17+,18-/m0/s1. The van der Waals surface area contributed by atoms with Crippen LogP contribution in [0.3, 0.4) is 0 Å². The average Bonchev–Trinajstić information content (AvgIpc) is 2.75. The molecule has 0 radical (unpaired) electrons. The molecule has 1 N–H and O–H groups in total. The molecule has 2 aliphatic carbocycles. The van der Waals surface area contributed by atoms with Gasteiger partial charge in [0.05, 0.1) is 5.60 Å². The first-order valence-corrected chi connectivity index (χ1v) is 8.21. The van der Waals surface area contributed by atoms with Crippen LogP contribution in [0, 0.1) is 17.3 Å². The van der Waals surface area contributed by atoms with Crippen LogP contribution in [0.4, 0.5) is 0 Å². The molecular weight excluding hydrogens is 280 g/mol. The monoisotopic (exact) mass is 308 g/mol. The lowest BCUT2D eigenvalue weighted by Gasteiger charge is -2.51. The Kier molecular flexibility index (Phi) is 4.54. The second kappa shape index (κ2) is 5.80. The highest BCUT2D eigenvalue weighted by atomic mass is 16.5. The lowest BCUT2D eigenvalue weighted by Crippen LogP contribution is -2.54. The van der Waals surface area contributed by atoms with Crippen LogP contribution < -0.4 is 0 Å². The van der Waals surface area contributed by atoms with E-state index in [1.807, 2.05) is 20.8 Å². The lowest BCUT2D eigenvalue weighted by molar-refractivity contribution is -0.175. The molecule has 0 bridgehead atoms. The third-order valence-electron chi connectivity index (χ3n) is 6.31. The number of ketones is 1. The van der Waals surface area contributed by atoms with Crippen molar-refractivity contribution in [3.63, 3.8) is 0 Å². The number of hydrogen-bond donors (Lipinski definition) is 1. The number of esters is 1. The first kappa shape index (κ1) is 17.2. The molecule has 0 aromatic heterocycles. The lowest BCUT2D eigenvalue weighted by atomic mass is 9.59. The quantitative estimate of drug-likeness (QED) is 0.643. The van der Waals surface area contributed by atoms with Crippen LogP contribution in [0.5, 0.6) is 0 Å². The SMILES string of the molecule is C/C=C(/C)C(=O)O[C@H]1CC[C@]2(O)C[C@H](C(C)=O)C[C@]2(C)[C@H]1C. The number of fused-ring (bicyclic) bond motifs is 1. The molecule has 124 valence electrons. The van der Waals surface area contributed by atoms with Gasteiger partial charge in [-0.3, -0.25) is 4.79 Å². The predicted molar refractivity (Wildman–Crippen MR) is 84.2 cm³/mol. The summed E-state index contributed by atoms with van der Waals surface area (Å²) in [6.45, 7) is 9.25. The molecule has 0 saturated heterocycles. The van der Waals surface area contributed by atoms with Crippen LogP contribution in [-0.4, -0.2) is 28.6 Å². The smallest absolute Gasteiger partial charge is 0.333 e. The van der Waals surface area contributed by atoms with Crippen molar-refractivity contribution in [1.82, 2.24) is 0 Å². The molecule has 4 nitrogen and oxygen atoms in total. The molecule has 2 saturated carbocycles. The van der Waals surface area contributed by atoms with Gasteiger partial charge in [0.2, 0.25) is 0 Å². The number of hydrogen-bond acceptors (Lipinski definition) is 4. The molecule has 0 aliphatic heterocycles. The summed E-state index contributed by atoms with van der Waals surface area (Å²) in [7, 11) is 0. The van der Waals surface area contributed by atoms with E-state index in [-0.39, 0.29) is 35.1 Å². The van der Waals surface area contributed by atoms with Gasteiger partial charge in [-0.15, -0.1) is 0 Å². The van der Waals surface area contributed by atoms with Crippen LogP contribution in [-0.2, 0) is 14.3 Å². The second-order valence-corrected chi connectivity index (χ2v) is 7.41. The number of carbonyl (C=O) groups excluding carboxylic acids is 2. The van der Waals surface area contributed by atoms with Crippen molar-refractivity contribution in [3.05, 3.63) is 11.6 Å². The fourth-order valence-electron chi connectivity index (χ4n) is 4.25. The molecule has 4 heteroatoms. The molecule has 0 heterocycles. The molecule has 2 aliphatic rings.